The molecule has 0 saturated carbocycles. The fraction of sp³-hybridized carbons (Fsp3) is 0.389. The van der Waals surface area contributed by atoms with E-state index in [1.807, 2.05) is 12.3 Å². The van der Waals surface area contributed by atoms with E-state index in [2.05, 4.69) is 58.2 Å². The van der Waals surface area contributed by atoms with Gasteiger partial charge in [0.1, 0.15) is 0 Å². The molecule has 0 aliphatic heterocycles. The number of ether oxygens (including phenoxy) is 1. The van der Waals surface area contributed by atoms with Gasteiger partial charge in [0.15, 0.2) is 0 Å². The first kappa shape index (κ1) is 16.0. The summed E-state index contributed by atoms with van der Waals surface area (Å²) >= 11 is 3.50. The number of rotatable bonds is 7. The van der Waals surface area contributed by atoms with Gasteiger partial charge in [0.25, 0.3) is 0 Å². The smallest absolute Gasteiger partial charge is 0.212 e. The quantitative estimate of drug-likeness (QED) is 0.671. The van der Waals surface area contributed by atoms with E-state index in [4.69, 9.17) is 4.74 Å². The Bertz CT molecular complexity index is 536. The molecular weight excluding hydrogens is 326 g/mol. The van der Waals surface area contributed by atoms with E-state index in [0.29, 0.717) is 11.8 Å². The zero-order chi connectivity index (χ0) is 15.1. The van der Waals surface area contributed by atoms with Crippen LogP contribution in [0.5, 0.6) is 5.88 Å². The predicted molar refractivity (Wildman–Crippen MR) is 90.9 cm³/mol. The van der Waals surface area contributed by atoms with Gasteiger partial charge < -0.3 is 4.74 Å². The van der Waals surface area contributed by atoms with E-state index >= 15 is 0 Å². The standard InChI is InChI=1S/C18H22BrNO/c1-3-4-15(16-8-10-17(19)11-9-16)7-5-14-6-12-18(21-2)20-13-14/h6,8-13,15H,3-5,7H2,1-2H3. The van der Waals surface area contributed by atoms with Crippen molar-refractivity contribution in [3.05, 3.63) is 58.2 Å². The lowest BCUT2D eigenvalue weighted by molar-refractivity contribution is 0.397. The van der Waals surface area contributed by atoms with E-state index < -0.39 is 0 Å². The molecule has 1 heterocycles. The molecule has 0 bridgehead atoms. The Morgan fingerprint density at radius 2 is 1.86 bits per heavy atom. The molecule has 1 unspecified atom stereocenters. The topological polar surface area (TPSA) is 22.1 Å². The zero-order valence-electron chi connectivity index (χ0n) is 12.7. The zero-order valence-corrected chi connectivity index (χ0v) is 14.3. The minimum atomic E-state index is 0.616. The largest absolute Gasteiger partial charge is 0.481 e. The second kappa shape index (κ2) is 8.18. The second-order valence-corrected chi connectivity index (χ2v) is 6.20. The molecule has 112 valence electrons. The minimum absolute atomic E-state index is 0.616. The van der Waals surface area contributed by atoms with Gasteiger partial charge in [-0.05, 0) is 48.4 Å². The fourth-order valence-corrected chi connectivity index (χ4v) is 2.85. The number of nitrogens with zero attached hydrogens (tertiary/aromatic N) is 1. The van der Waals surface area contributed by atoms with Crippen molar-refractivity contribution < 1.29 is 4.74 Å². The minimum Gasteiger partial charge on any atom is -0.481 e. The van der Waals surface area contributed by atoms with E-state index in [-0.39, 0.29) is 0 Å². The van der Waals surface area contributed by atoms with Crippen molar-refractivity contribution in [2.24, 2.45) is 0 Å². The molecule has 0 radical (unpaired) electrons. The summed E-state index contributed by atoms with van der Waals surface area (Å²) in [6.07, 6.45) is 6.57. The summed E-state index contributed by atoms with van der Waals surface area (Å²) in [6, 6.07) is 12.8. The maximum atomic E-state index is 5.10. The molecule has 0 saturated heterocycles. The molecule has 0 aliphatic rings. The lowest BCUT2D eigenvalue weighted by Crippen LogP contribution is -2.01. The van der Waals surface area contributed by atoms with Gasteiger partial charge >= 0.3 is 0 Å². The molecule has 1 atom stereocenters. The molecule has 0 aliphatic carbocycles. The molecule has 2 aromatic rings. The molecule has 21 heavy (non-hydrogen) atoms. The third-order valence-electron chi connectivity index (χ3n) is 3.77. The Kier molecular flexibility index (Phi) is 6.24. The van der Waals surface area contributed by atoms with Gasteiger partial charge in [-0.3, -0.25) is 0 Å². The van der Waals surface area contributed by atoms with Crippen LogP contribution < -0.4 is 4.74 Å². The van der Waals surface area contributed by atoms with Crippen LogP contribution in [0.1, 0.15) is 43.2 Å². The van der Waals surface area contributed by atoms with Gasteiger partial charge in [-0.2, -0.15) is 0 Å². The summed E-state index contributed by atoms with van der Waals surface area (Å²) in [7, 11) is 1.65. The highest BCUT2D eigenvalue weighted by molar-refractivity contribution is 9.10. The Balaban J connectivity index is 2.00. The molecule has 0 amide bonds. The number of benzene rings is 1. The highest BCUT2D eigenvalue weighted by Crippen LogP contribution is 2.27. The monoisotopic (exact) mass is 347 g/mol. The fourth-order valence-electron chi connectivity index (χ4n) is 2.58. The second-order valence-electron chi connectivity index (χ2n) is 5.28. The summed E-state index contributed by atoms with van der Waals surface area (Å²) < 4.78 is 6.24. The maximum Gasteiger partial charge on any atom is 0.212 e. The summed E-state index contributed by atoms with van der Waals surface area (Å²) in [5.74, 6) is 1.29. The van der Waals surface area contributed by atoms with Gasteiger partial charge in [0.05, 0.1) is 7.11 Å². The normalized spacial score (nSPS) is 12.1. The van der Waals surface area contributed by atoms with Crippen LogP contribution in [0.4, 0.5) is 0 Å². The number of methoxy groups -OCH3 is 1. The molecular formula is C18H22BrNO. The molecule has 2 nitrogen and oxygen atoms in total. The van der Waals surface area contributed by atoms with Crippen molar-refractivity contribution in [3.8, 4) is 5.88 Å². The SMILES string of the molecule is CCCC(CCc1ccc(OC)nc1)c1ccc(Br)cc1. The highest BCUT2D eigenvalue weighted by Gasteiger charge is 2.11. The molecule has 2 rings (SSSR count). The number of aromatic nitrogens is 1. The first-order chi connectivity index (χ1) is 10.2. The summed E-state index contributed by atoms with van der Waals surface area (Å²) in [4.78, 5) is 4.28. The Hall–Kier alpha value is -1.35. The lowest BCUT2D eigenvalue weighted by Gasteiger charge is -2.17. The lowest BCUT2D eigenvalue weighted by atomic mass is 9.89. The number of aryl methyl sites for hydroxylation is 1. The maximum absolute atomic E-state index is 5.10. The van der Waals surface area contributed by atoms with Gasteiger partial charge in [0.2, 0.25) is 5.88 Å². The molecule has 3 heteroatoms. The average molecular weight is 348 g/mol. The van der Waals surface area contributed by atoms with E-state index in [0.717, 1.165) is 17.3 Å². The van der Waals surface area contributed by atoms with Gasteiger partial charge in [0, 0.05) is 16.7 Å². The van der Waals surface area contributed by atoms with Crippen molar-refractivity contribution in [3.63, 3.8) is 0 Å². The first-order valence-corrected chi connectivity index (χ1v) is 8.26. The van der Waals surface area contributed by atoms with Crippen molar-refractivity contribution in [1.29, 1.82) is 0 Å². The van der Waals surface area contributed by atoms with Crippen molar-refractivity contribution in [2.45, 2.75) is 38.5 Å². The number of halogens is 1. The van der Waals surface area contributed by atoms with Crippen molar-refractivity contribution >= 4 is 15.9 Å². The van der Waals surface area contributed by atoms with Gasteiger partial charge in [-0.25, -0.2) is 4.98 Å². The van der Waals surface area contributed by atoms with Crippen LogP contribution in [-0.2, 0) is 6.42 Å². The molecule has 0 N–H and O–H groups in total. The van der Waals surface area contributed by atoms with Crippen LogP contribution in [0.3, 0.4) is 0 Å². The van der Waals surface area contributed by atoms with Crippen LogP contribution in [0.2, 0.25) is 0 Å². The third kappa shape index (κ3) is 4.85. The van der Waals surface area contributed by atoms with Gasteiger partial charge in [-0.1, -0.05) is 47.5 Å². The first-order valence-electron chi connectivity index (χ1n) is 7.47. The number of pyridine rings is 1. The van der Waals surface area contributed by atoms with Crippen LogP contribution in [0.25, 0.3) is 0 Å². The van der Waals surface area contributed by atoms with E-state index in [1.165, 1.54) is 24.0 Å². The van der Waals surface area contributed by atoms with Gasteiger partial charge in [-0.15, -0.1) is 0 Å². The summed E-state index contributed by atoms with van der Waals surface area (Å²) in [6.45, 7) is 2.25. The number of hydrogen-bond acceptors (Lipinski definition) is 2. The molecule has 1 aromatic heterocycles. The van der Waals surface area contributed by atoms with Crippen LogP contribution in [0, 0.1) is 0 Å². The van der Waals surface area contributed by atoms with Crippen molar-refractivity contribution in [2.75, 3.05) is 7.11 Å². The molecule has 1 aromatic carbocycles. The summed E-state index contributed by atoms with van der Waals surface area (Å²) in [5.41, 5.74) is 2.70. The van der Waals surface area contributed by atoms with Crippen molar-refractivity contribution in [1.82, 2.24) is 4.98 Å². The number of hydrogen-bond donors (Lipinski definition) is 0. The average Bonchev–Trinajstić information content (AvgIpc) is 2.53. The summed E-state index contributed by atoms with van der Waals surface area (Å²) in [5, 5.41) is 0. The van der Waals surface area contributed by atoms with Crippen LogP contribution >= 0.6 is 15.9 Å². The predicted octanol–water partition coefficient (Wildman–Crippen LogP) is 5.37. The van der Waals surface area contributed by atoms with Crippen LogP contribution in [-0.4, -0.2) is 12.1 Å². The Morgan fingerprint density at radius 3 is 2.43 bits per heavy atom. The Morgan fingerprint density at radius 1 is 1.10 bits per heavy atom. The Labute approximate surface area is 135 Å². The van der Waals surface area contributed by atoms with E-state index in [9.17, 15) is 0 Å². The van der Waals surface area contributed by atoms with E-state index in [1.54, 1.807) is 7.11 Å². The van der Waals surface area contributed by atoms with Crippen LogP contribution in [0.15, 0.2) is 47.1 Å². The molecule has 0 spiro atoms. The molecule has 0 fully saturated rings. The highest BCUT2D eigenvalue weighted by atomic mass is 79.9. The third-order valence-corrected chi connectivity index (χ3v) is 4.30.